The van der Waals surface area contributed by atoms with Gasteiger partial charge in [-0.25, -0.2) is 14.4 Å². The van der Waals surface area contributed by atoms with E-state index in [9.17, 15) is 14.0 Å². The van der Waals surface area contributed by atoms with Crippen molar-refractivity contribution in [3.05, 3.63) is 83.4 Å². The van der Waals surface area contributed by atoms with Crippen LogP contribution in [-0.2, 0) is 0 Å². The van der Waals surface area contributed by atoms with E-state index < -0.39 is 30.5 Å². The quantitative estimate of drug-likeness (QED) is 0.680. The molecule has 2 amide bonds. The SMILES string of the molecule is CNC(=O)c1cc(C(=O)Nc2cncnc2)cc2c1O[C@H](CF)[C@H]2c1ccccc1. The van der Waals surface area contributed by atoms with E-state index >= 15 is 0 Å². The molecule has 7 nitrogen and oxygen atoms in total. The van der Waals surface area contributed by atoms with Crippen LogP contribution in [0, 0.1) is 0 Å². The summed E-state index contributed by atoms with van der Waals surface area (Å²) >= 11 is 0. The van der Waals surface area contributed by atoms with Crippen molar-refractivity contribution in [2.75, 3.05) is 19.0 Å². The lowest BCUT2D eigenvalue weighted by Gasteiger charge is -2.16. The van der Waals surface area contributed by atoms with Crippen molar-refractivity contribution in [3.8, 4) is 5.75 Å². The lowest BCUT2D eigenvalue weighted by molar-refractivity contribution is 0.0955. The normalized spacial score (nSPS) is 17.0. The highest BCUT2D eigenvalue weighted by atomic mass is 19.1. The summed E-state index contributed by atoms with van der Waals surface area (Å²) in [5.74, 6) is -1.00. The van der Waals surface area contributed by atoms with Gasteiger partial charge in [-0.15, -0.1) is 0 Å². The van der Waals surface area contributed by atoms with Crippen LogP contribution in [0.15, 0.2) is 61.2 Å². The number of hydrogen-bond donors (Lipinski definition) is 2. The number of nitrogens with zero attached hydrogens (tertiary/aromatic N) is 2. The monoisotopic (exact) mass is 406 g/mol. The lowest BCUT2D eigenvalue weighted by Crippen LogP contribution is -2.22. The average Bonchev–Trinajstić information content (AvgIpc) is 3.17. The van der Waals surface area contributed by atoms with Gasteiger partial charge in [-0.05, 0) is 17.7 Å². The van der Waals surface area contributed by atoms with Crippen LogP contribution >= 0.6 is 0 Å². The second-order valence-corrected chi connectivity index (χ2v) is 6.80. The smallest absolute Gasteiger partial charge is 0.255 e. The first-order chi connectivity index (χ1) is 14.6. The minimum atomic E-state index is -0.786. The zero-order chi connectivity index (χ0) is 21.1. The Kier molecular flexibility index (Phi) is 5.38. The van der Waals surface area contributed by atoms with E-state index in [4.69, 9.17) is 4.74 Å². The molecule has 1 aromatic heterocycles. The largest absolute Gasteiger partial charge is 0.486 e. The van der Waals surface area contributed by atoms with E-state index in [2.05, 4.69) is 20.6 Å². The summed E-state index contributed by atoms with van der Waals surface area (Å²) in [6, 6.07) is 12.4. The second-order valence-electron chi connectivity index (χ2n) is 6.80. The summed E-state index contributed by atoms with van der Waals surface area (Å²) < 4.78 is 19.7. The first-order valence-electron chi connectivity index (χ1n) is 9.36. The highest BCUT2D eigenvalue weighted by molar-refractivity contribution is 6.07. The van der Waals surface area contributed by atoms with Gasteiger partial charge in [0.1, 0.15) is 24.9 Å². The summed E-state index contributed by atoms with van der Waals surface area (Å²) in [5.41, 5.74) is 2.29. The van der Waals surface area contributed by atoms with E-state index in [1.54, 1.807) is 6.07 Å². The Morgan fingerprint density at radius 1 is 1.10 bits per heavy atom. The first kappa shape index (κ1) is 19.5. The van der Waals surface area contributed by atoms with Gasteiger partial charge in [0.05, 0.1) is 29.6 Å². The fourth-order valence-electron chi connectivity index (χ4n) is 3.61. The molecule has 152 valence electrons. The van der Waals surface area contributed by atoms with Crippen LogP contribution in [-0.4, -0.2) is 41.6 Å². The molecule has 0 saturated carbocycles. The molecule has 2 heterocycles. The molecule has 2 N–H and O–H groups in total. The molecule has 0 fully saturated rings. The number of carbonyl (C=O) groups is 2. The van der Waals surface area contributed by atoms with Gasteiger partial charge < -0.3 is 15.4 Å². The predicted molar refractivity (Wildman–Crippen MR) is 108 cm³/mol. The summed E-state index contributed by atoms with van der Waals surface area (Å²) in [4.78, 5) is 33.1. The van der Waals surface area contributed by atoms with Crippen LogP contribution in [0.3, 0.4) is 0 Å². The maximum absolute atomic E-state index is 13.8. The van der Waals surface area contributed by atoms with E-state index in [0.717, 1.165) is 5.56 Å². The molecule has 4 rings (SSSR count). The van der Waals surface area contributed by atoms with Gasteiger partial charge in [-0.3, -0.25) is 9.59 Å². The number of anilines is 1. The minimum Gasteiger partial charge on any atom is -0.486 e. The van der Waals surface area contributed by atoms with E-state index in [1.807, 2.05) is 30.3 Å². The molecule has 1 aliphatic rings. The molecule has 2 aromatic carbocycles. The Hall–Kier alpha value is -3.81. The van der Waals surface area contributed by atoms with Crippen LogP contribution < -0.4 is 15.4 Å². The van der Waals surface area contributed by atoms with Crippen molar-refractivity contribution in [1.29, 1.82) is 0 Å². The maximum atomic E-state index is 13.8. The maximum Gasteiger partial charge on any atom is 0.255 e. The van der Waals surface area contributed by atoms with Crippen LogP contribution in [0.4, 0.5) is 10.1 Å². The van der Waals surface area contributed by atoms with Crippen LogP contribution in [0.25, 0.3) is 0 Å². The van der Waals surface area contributed by atoms with Gasteiger partial charge in [-0.1, -0.05) is 30.3 Å². The highest BCUT2D eigenvalue weighted by Gasteiger charge is 2.39. The standard InChI is InChI=1S/C22H19FN4O3/c1-24-22(29)17-8-14(21(28)27-15-10-25-12-26-11-15)7-16-19(13-5-3-2-4-6-13)18(9-23)30-20(16)17/h2-8,10-12,18-19H,9H2,1H3,(H,24,29)(H,27,28)/t18-,19+/m1/s1. The third-order valence-corrected chi connectivity index (χ3v) is 4.96. The molecule has 0 radical (unpaired) electrons. The molecule has 1 aliphatic heterocycles. The Morgan fingerprint density at radius 3 is 2.50 bits per heavy atom. The van der Waals surface area contributed by atoms with Crippen LogP contribution in [0.1, 0.15) is 37.8 Å². The summed E-state index contributed by atoms with van der Waals surface area (Å²) in [7, 11) is 1.49. The van der Waals surface area contributed by atoms with E-state index in [1.165, 1.54) is 31.8 Å². The third kappa shape index (κ3) is 3.59. The van der Waals surface area contributed by atoms with Crippen molar-refractivity contribution in [2.45, 2.75) is 12.0 Å². The second kappa shape index (κ2) is 8.28. The molecule has 2 atom stereocenters. The Labute approximate surface area is 172 Å². The van der Waals surface area contributed by atoms with Crippen LogP contribution in [0.2, 0.25) is 0 Å². The zero-order valence-corrected chi connectivity index (χ0v) is 16.1. The first-order valence-corrected chi connectivity index (χ1v) is 9.36. The van der Waals surface area contributed by atoms with Crippen molar-refractivity contribution in [3.63, 3.8) is 0 Å². The number of alkyl halides is 1. The Bertz CT molecular complexity index is 1080. The van der Waals surface area contributed by atoms with Gasteiger partial charge >= 0.3 is 0 Å². The fraction of sp³-hybridized carbons (Fsp3) is 0.182. The summed E-state index contributed by atoms with van der Waals surface area (Å²) in [6.07, 6.45) is 3.50. The molecule has 0 unspecified atom stereocenters. The number of rotatable bonds is 5. The lowest BCUT2D eigenvalue weighted by atomic mass is 9.86. The summed E-state index contributed by atoms with van der Waals surface area (Å²) in [5, 5.41) is 5.25. The van der Waals surface area contributed by atoms with E-state index in [-0.39, 0.29) is 11.1 Å². The zero-order valence-electron chi connectivity index (χ0n) is 16.1. The molecular weight excluding hydrogens is 387 g/mol. The predicted octanol–water partition coefficient (Wildman–Crippen LogP) is 2.95. The Balaban J connectivity index is 1.81. The number of halogens is 1. The fourth-order valence-corrected chi connectivity index (χ4v) is 3.61. The molecule has 3 aromatic rings. The minimum absolute atomic E-state index is 0.182. The topological polar surface area (TPSA) is 93.2 Å². The number of carbonyl (C=O) groups excluding carboxylic acids is 2. The van der Waals surface area contributed by atoms with Crippen molar-refractivity contribution in [2.24, 2.45) is 0 Å². The van der Waals surface area contributed by atoms with Gasteiger partial charge in [0.2, 0.25) is 0 Å². The van der Waals surface area contributed by atoms with E-state index in [0.29, 0.717) is 17.0 Å². The number of ether oxygens (including phenoxy) is 1. The number of amides is 2. The molecule has 0 aliphatic carbocycles. The Morgan fingerprint density at radius 2 is 1.83 bits per heavy atom. The van der Waals surface area contributed by atoms with Crippen molar-refractivity contribution in [1.82, 2.24) is 15.3 Å². The average molecular weight is 406 g/mol. The number of benzene rings is 2. The molecule has 8 heteroatoms. The number of fused-ring (bicyclic) bond motifs is 1. The number of aromatic nitrogens is 2. The van der Waals surface area contributed by atoms with Gasteiger partial charge in [0.25, 0.3) is 11.8 Å². The van der Waals surface area contributed by atoms with Gasteiger partial charge in [-0.2, -0.15) is 0 Å². The van der Waals surface area contributed by atoms with Crippen molar-refractivity contribution < 1.29 is 18.7 Å². The molecule has 0 spiro atoms. The van der Waals surface area contributed by atoms with Gasteiger partial charge in [0, 0.05) is 18.2 Å². The molecule has 0 saturated heterocycles. The molecule has 0 bridgehead atoms. The molecular formula is C22H19FN4O3. The van der Waals surface area contributed by atoms with Crippen LogP contribution in [0.5, 0.6) is 5.75 Å². The highest BCUT2D eigenvalue weighted by Crippen LogP contribution is 2.45. The molecule has 30 heavy (non-hydrogen) atoms. The third-order valence-electron chi connectivity index (χ3n) is 4.96. The van der Waals surface area contributed by atoms with Gasteiger partial charge in [0.15, 0.2) is 0 Å². The number of hydrogen-bond acceptors (Lipinski definition) is 5. The number of nitrogens with one attached hydrogen (secondary N) is 2. The van der Waals surface area contributed by atoms with Crippen molar-refractivity contribution >= 4 is 17.5 Å². The summed E-state index contributed by atoms with van der Waals surface area (Å²) in [6.45, 7) is -0.732.